The SMILES string of the molecule is O=C(O)C(F)(F)c1cc(F)ccc1C(F)(F)F. The monoisotopic (exact) mass is 258 g/mol. The summed E-state index contributed by atoms with van der Waals surface area (Å²) in [6, 6.07) is 0.253. The molecule has 0 unspecified atom stereocenters. The number of hydrogen-bond donors (Lipinski definition) is 1. The van der Waals surface area contributed by atoms with Crippen molar-refractivity contribution in [3.05, 3.63) is 35.1 Å². The maximum atomic E-state index is 13.0. The molecular weight excluding hydrogens is 254 g/mol. The number of alkyl halides is 5. The zero-order valence-corrected chi connectivity index (χ0v) is 7.86. The van der Waals surface area contributed by atoms with Crippen LogP contribution in [0.25, 0.3) is 0 Å². The molecule has 1 aromatic rings. The van der Waals surface area contributed by atoms with E-state index in [0.29, 0.717) is 6.07 Å². The first-order valence-corrected chi connectivity index (χ1v) is 4.05. The van der Waals surface area contributed by atoms with Crippen molar-refractivity contribution in [3.63, 3.8) is 0 Å². The first-order valence-electron chi connectivity index (χ1n) is 4.05. The summed E-state index contributed by atoms with van der Waals surface area (Å²) in [7, 11) is 0. The minimum atomic E-state index is -5.19. The number of carboxylic acid groups (broad SMARTS) is 1. The molecule has 0 atom stereocenters. The first kappa shape index (κ1) is 13.3. The highest BCUT2D eigenvalue weighted by Crippen LogP contribution is 2.39. The predicted octanol–water partition coefficient (Wildman–Crippen LogP) is 3.02. The molecule has 0 radical (unpaired) electrons. The lowest BCUT2D eigenvalue weighted by Gasteiger charge is -2.17. The van der Waals surface area contributed by atoms with Crippen molar-refractivity contribution in [1.29, 1.82) is 0 Å². The van der Waals surface area contributed by atoms with E-state index < -0.39 is 35.0 Å². The van der Waals surface area contributed by atoms with Crippen molar-refractivity contribution in [2.24, 2.45) is 0 Å². The van der Waals surface area contributed by atoms with Crippen LogP contribution in [0.15, 0.2) is 18.2 Å². The Morgan fingerprint density at radius 3 is 2.00 bits per heavy atom. The summed E-state index contributed by atoms with van der Waals surface area (Å²) >= 11 is 0. The molecule has 1 N–H and O–H groups in total. The average Bonchev–Trinajstić information content (AvgIpc) is 2.15. The van der Waals surface area contributed by atoms with Crippen molar-refractivity contribution < 1.29 is 36.2 Å². The van der Waals surface area contributed by atoms with Crippen LogP contribution in [0.5, 0.6) is 0 Å². The summed E-state index contributed by atoms with van der Waals surface area (Å²) < 4.78 is 75.6. The lowest BCUT2D eigenvalue weighted by molar-refractivity contribution is -0.169. The standard InChI is InChI=1S/C9H4F6O2/c10-4-1-2-5(9(13,14)15)6(3-4)8(11,12)7(16)17/h1-3H,(H,16,17). The van der Waals surface area contributed by atoms with Gasteiger partial charge in [0.2, 0.25) is 0 Å². The molecule has 0 aliphatic carbocycles. The Labute approximate surface area is 90.5 Å². The lowest BCUT2D eigenvalue weighted by atomic mass is 10.0. The summed E-state index contributed by atoms with van der Waals surface area (Å²) in [6.07, 6.45) is -5.19. The molecule has 1 rings (SSSR count). The molecule has 0 saturated carbocycles. The summed E-state index contributed by atoms with van der Waals surface area (Å²) in [5.74, 6) is -8.98. The van der Waals surface area contributed by atoms with Crippen molar-refractivity contribution in [3.8, 4) is 0 Å². The second-order valence-corrected chi connectivity index (χ2v) is 3.07. The van der Waals surface area contributed by atoms with E-state index in [1.54, 1.807) is 0 Å². The average molecular weight is 258 g/mol. The van der Waals surface area contributed by atoms with E-state index in [4.69, 9.17) is 5.11 Å². The van der Waals surface area contributed by atoms with Gasteiger partial charge in [-0.15, -0.1) is 0 Å². The second-order valence-electron chi connectivity index (χ2n) is 3.07. The molecule has 0 aliphatic heterocycles. The molecule has 0 aromatic heterocycles. The van der Waals surface area contributed by atoms with Crippen LogP contribution in [0.4, 0.5) is 26.3 Å². The highest BCUT2D eigenvalue weighted by atomic mass is 19.4. The summed E-state index contributed by atoms with van der Waals surface area (Å²) in [5, 5.41) is 8.14. The Hall–Kier alpha value is -1.73. The smallest absolute Gasteiger partial charge is 0.416 e. The summed E-state index contributed by atoms with van der Waals surface area (Å²) in [5.41, 5.74) is -3.80. The topological polar surface area (TPSA) is 37.3 Å². The Balaban J connectivity index is 3.51. The largest absolute Gasteiger partial charge is 0.477 e. The molecule has 0 heterocycles. The minimum Gasteiger partial charge on any atom is -0.477 e. The quantitative estimate of drug-likeness (QED) is 0.828. The third-order valence-electron chi connectivity index (χ3n) is 1.89. The molecule has 94 valence electrons. The molecule has 0 aliphatic rings. The van der Waals surface area contributed by atoms with E-state index >= 15 is 0 Å². The van der Waals surface area contributed by atoms with Gasteiger partial charge in [0.15, 0.2) is 0 Å². The molecule has 1 aromatic carbocycles. The maximum Gasteiger partial charge on any atom is 0.416 e. The zero-order chi connectivity index (χ0) is 13.4. The third-order valence-corrected chi connectivity index (χ3v) is 1.89. The fraction of sp³-hybridized carbons (Fsp3) is 0.222. The van der Waals surface area contributed by atoms with Crippen LogP contribution in [-0.4, -0.2) is 11.1 Å². The van der Waals surface area contributed by atoms with Gasteiger partial charge in [-0.05, 0) is 18.2 Å². The number of rotatable bonds is 2. The second kappa shape index (κ2) is 3.94. The predicted molar refractivity (Wildman–Crippen MR) is 42.9 cm³/mol. The molecule has 0 spiro atoms. The van der Waals surface area contributed by atoms with E-state index in [1.165, 1.54) is 0 Å². The Bertz CT molecular complexity index is 451. The normalized spacial score (nSPS) is 12.6. The van der Waals surface area contributed by atoms with E-state index in [-0.39, 0.29) is 12.1 Å². The molecule has 0 saturated heterocycles. The van der Waals surface area contributed by atoms with Gasteiger partial charge in [-0.25, -0.2) is 9.18 Å². The number of carbonyl (C=O) groups is 1. The van der Waals surface area contributed by atoms with E-state index in [9.17, 15) is 31.1 Å². The minimum absolute atomic E-state index is 0.0709. The van der Waals surface area contributed by atoms with Crippen LogP contribution in [0.2, 0.25) is 0 Å². The summed E-state index contributed by atoms with van der Waals surface area (Å²) in [6.45, 7) is 0. The molecule has 8 heteroatoms. The maximum absolute atomic E-state index is 13.0. The highest BCUT2D eigenvalue weighted by molar-refractivity contribution is 5.78. The zero-order valence-electron chi connectivity index (χ0n) is 7.86. The van der Waals surface area contributed by atoms with Gasteiger partial charge >= 0.3 is 18.1 Å². The fourth-order valence-corrected chi connectivity index (χ4v) is 1.14. The van der Waals surface area contributed by atoms with Gasteiger partial charge in [0, 0.05) is 5.56 Å². The number of halogens is 6. The van der Waals surface area contributed by atoms with Crippen molar-refractivity contribution in [2.45, 2.75) is 12.1 Å². The molecule has 0 bridgehead atoms. The molecular formula is C9H4F6O2. The third kappa shape index (κ3) is 2.51. The van der Waals surface area contributed by atoms with Crippen molar-refractivity contribution in [1.82, 2.24) is 0 Å². The van der Waals surface area contributed by atoms with Crippen LogP contribution in [-0.2, 0) is 16.9 Å². The van der Waals surface area contributed by atoms with Crippen LogP contribution in [0, 0.1) is 5.82 Å². The Kier molecular flexibility index (Phi) is 3.09. The van der Waals surface area contributed by atoms with Gasteiger partial charge in [0.05, 0.1) is 5.56 Å². The van der Waals surface area contributed by atoms with Gasteiger partial charge in [-0.3, -0.25) is 0 Å². The molecule has 0 fully saturated rings. The molecule has 2 nitrogen and oxygen atoms in total. The van der Waals surface area contributed by atoms with Gasteiger partial charge in [0.1, 0.15) is 5.82 Å². The van der Waals surface area contributed by atoms with E-state index in [2.05, 4.69) is 0 Å². The number of benzene rings is 1. The number of aliphatic carboxylic acids is 1. The van der Waals surface area contributed by atoms with Crippen molar-refractivity contribution >= 4 is 5.97 Å². The fourth-order valence-electron chi connectivity index (χ4n) is 1.14. The van der Waals surface area contributed by atoms with Gasteiger partial charge in [-0.2, -0.15) is 22.0 Å². The Morgan fingerprint density at radius 2 is 1.59 bits per heavy atom. The van der Waals surface area contributed by atoms with Gasteiger partial charge in [0.25, 0.3) is 0 Å². The van der Waals surface area contributed by atoms with Crippen LogP contribution >= 0.6 is 0 Å². The van der Waals surface area contributed by atoms with E-state index in [0.717, 1.165) is 0 Å². The van der Waals surface area contributed by atoms with E-state index in [1.807, 2.05) is 0 Å². The van der Waals surface area contributed by atoms with Gasteiger partial charge < -0.3 is 5.11 Å². The number of carboxylic acids is 1. The summed E-state index contributed by atoms with van der Waals surface area (Å²) in [4.78, 5) is 10.2. The lowest BCUT2D eigenvalue weighted by Crippen LogP contribution is -2.29. The van der Waals surface area contributed by atoms with Crippen LogP contribution < -0.4 is 0 Å². The van der Waals surface area contributed by atoms with Gasteiger partial charge in [-0.1, -0.05) is 0 Å². The first-order chi connectivity index (χ1) is 7.56. The number of hydrogen-bond acceptors (Lipinski definition) is 1. The molecule has 0 amide bonds. The Morgan fingerprint density at radius 1 is 1.06 bits per heavy atom. The van der Waals surface area contributed by atoms with Crippen LogP contribution in [0.3, 0.4) is 0 Å². The highest BCUT2D eigenvalue weighted by Gasteiger charge is 2.48. The van der Waals surface area contributed by atoms with Crippen LogP contribution in [0.1, 0.15) is 11.1 Å². The van der Waals surface area contributed by atoms with Crippen molar-refractivity contribution in [2.75, 3.05) is 0 Å². The molecule has 17 heavy (non-hydrogen) atoms.